The Morgan fingerprint density at radius 1 is 1.26 bits per heavy atom. The van der Waals surface area contributed by atoms with Gasteiger partial charge in [-0.2, -0.15) is 0 Å². The molecule has 1 aromatic carbocycles. The van der Waals surface area contributed by atoms with Crippen molar-refractivity contribution in [2.45, 2.75) is 52.9 Å². The van der Waals surface area contributed by atoms with Gasteiger partial charge in [0.05, 0.1) is 5.41 Å². The van der Waals surface area contributed by atoms with Crippen LogP contribution in [-0.4, -0.2) is 11.7 Å². The summed E-state index contributed by atoms with van der Waals surface area (Å²) in [7, 11) is 0. The van der Waals surface area contributed by atoms with Crippen molar-refractivity contribution in [2.24, 2.45) is 0 Å². The fourth-order valence-electron chi connectivity index (χ4n) is 2.12. The van der Waals surface area contributed by atoms with E-state index in [0.29, 0.717) is 12.0 Å². The van der Waals surface area contributed by atoms with Gasteiger partial charge in [0.2, 0.25) is 5.91 Å². The van der Waals surface area contributed by atoms with Crippen molar-refractivity contribution < 1.29 is 9.59 Å². The van der Waals surface area contributed by atoms with E-state index >= 15 is 0 Å². The maximum atomic E-state index is 11.8. The lowest BCUT2D eigenvalue weighted by Gasteiger charge is -2.15. The molecule has 0 spiro atoms. The van der Waals surface area contributed by atoms with E-state index in [0.717, 1.165) is 17.7 Å². The number of anilines is 1. The second-order valence-corrected chi connectivity index (χ2v) is 5.01. The van der Waals surface area contributed by atoms with Crippen LogP contribution in [0.1, 0.15) is 63.4 Å². The summed E-state index contributed by atoms with van der Waals surface area (Å²) < 4.78 is 0. The number of carbonyl (C=O) groups excluding carboxylic acids is 2. The maximum absolute atomic E-state index is 11.8. The summed E-state index contributed by atoms with van der Waals surface area (Å²) in [5, 5.41) is 2.84. The summed E-state index contributed by atoms with van der Waals surface area (Å²) in [5.74, 6) is 0.137. The van der Waals surface area contributed by atoms with Gasteiger partial charge in [-0.1, -0.05) is 20.8 Å². The first-order chi connectivity index (χ1) is 8.96. The van der Waals surface area contributed by atoms with Crippen molar-refractivity contribution in [3.05, 3.63) is 29.3 Å². The SMILES string of the molecule is CC.CCCC(=O)c1ccc2c(c1)C(C)(C)C(=O)N2. The number of ketones is 1. The lowest BCUT2D eigenvalue weighted by molar-refractivity contribution is -0.119. The molecule has 0 unspecified atom stereocenters. The quantitative estimate of drug-likeness (QED) is 0.838. The van der Waals surface area contributed by atoms with E-state index in [2.05, 4.69) is 5.32 Å². The highest BCUT2D eigenvalue weighted by Crippen LogP contribution is 2.37. The number of Topliss-reactive ketones (excluding diaryl/α,β-unsaturated/α-hetero) is 1. The zero-order valence-corrected chi connectivity index (χ0v) is 12.5. The molecule has 0 saturated carbocycles. The van der Waals surface area contributed by atoms with Gasteiger partial charge in [0.15, 0.2) is 5.78 Å². The van der Waals surface area contributed by atoms with Crippen LogP contribution in [0.3, 0.4) is 0 Å². The molecule has 0 fully saturated rings. The molecule has 0 bridgehead atoms. The zero-order chi connectivity index (χ0) is 14.6. The molecule has 3 heteroatoms. The minimum Gasteiger partial charge on any atom is -0.325 e. The second-order valence-electron chi connectivity index (χ2n) is 5.01. The number of hydrogen-bond acceptors (Lipinski definition) is 2. The average molecular weight is 261 g/mol. The van der Waals surface area contributed by atoms with E-state index in [1.807, 2.05) is 46.8 Å². The van der Waals surface area contributed by atoms with E-state index < -0.39 is 5.41 Å². The van der Waals surface area contributed by atoms with Crippen LogP contribution < -0.4 is 5.32 Å². The largest absolute Gasteiger partial charge is 0.325 e. The number of amides is 1. The van der Waals surface area contributed by atoms with Crippen LogP contribution >= 0.6 is 0 Å². The minimum atomic E-state index is -0.544. The van der Waals surface area contributed by atoms with Gasteiger partial charge < -0.3 is 5.32 Å². The zero-order valence-electron chi connectivity index (χ0n) is 12.5. The van der Waals surface area contributed by atoms with E-state index in [1.165, 1.54) is 0 Å². The van der Waals surface area contributed by atoms with Crippen LogP contribution in [0.4, 0.5) is 5.69 Å². The van der Waals surface area contributed by atoms with Crippen LogP contribution in [0.2, 0.25) is 0 Å². The summed E-state index contributed by atoms with van der Waals surface area (Å²) in [6.07, 6.45) is 1.40. The van der Waals surface area contributed by atoms with Crippen molar-refractivity contribution in [1.82, 2.24) is 0 Å². The standard InChI is InChI=1S/C14H17NO2.C2H6/c1-4-5-12(16)9-6-7-11-10(8-9)14(2,3)13(17)15-11;1-2/h6-8H,4-5H2,1-3H3,(H,15,17);1-2H3. The molecule has 1 heterocycles. The van der Waals surface area contributed by atoms with Gasteiger partial charge in [0.25, 0.3) is 0 Å². The maximum Gasteiger partial charge on any atom is 0.234 e. The Kier molecular flexibility index (Phi) is 4.87. The average Bonchev–Trinajstić information content (AvgIpc) is 2.63. The molecule has 1 N–H and O–H groups in total. The highest BCUT2D eigenvalue weighted by molar-refractivity contribution is 6.07. The Bertz CT molecular complexity index is 490. The van der Waals surface area contributed by atoms with Crippen molar-refractivity contribution in [3.8, 4) is 0 Å². The molecular formula is C16H23NO2. The number of benzene rings is 1. The van der Waals surface area contributed by atoms with E-state index in [1.54, 1.807) is 6.07 Å². The molecule has 0 radical (unpaired) electrons. The van der Waals surface area contributed by atoms with Crippen LogP contribution in [0, 0.1) is 0 Å². The molecule has 3 nitrogen and oxygen atoms in total. The van der Waals surface area contributed by atoms with Gasteiger partial charge in [-0.25, -0.2) is 0 Å². The summed E-state index contributed by atoms with van der Waals surface area (Å²) in [6.45, 7) is 9.74. The molecule has 0 aromatic heterocycles. The molecule has 104 valence electrons. The van der Waals surface area contributed by atoms with Crippen molar-refractivity contribution >= 4 is 17.4 Å². The summed E-state index contributed by atoms with van der Waals surface area (Å²) in [6, 6.07) is 5.47. The van der Waals surface area contributed by atoms with E-state index in [-0.39, 0.29) is 11.7 Å². The molecule has 1 aliphatic rings. The van der Waals surface area contributed by atoms with Gasteiger partial charge in [-0.15, -0.1) is 0 Å². The van der Waals surface area contributed by atoms with Gasteiger partial charge in [-0.3, -0.25) is 9.59 Å². The molecule has 1 amide bonds. The smallest absolute Gasteiger partial charge is 0.234 e. The number of rotatable bonds is 3. The van der Waals surface area contributed by atoms with Crippen LogP contribution in [0.15, 0.2) is 18.2 Å². The van der Waals surface area contributed by atoms with Gasteiger partial charge in [0, 0.05) is 17.7 Å². The second kappa shape index (κ2) is 6.00. The Balaban J connectivity index is 0.000000861. The first-order valence-electron chi connectivity index (χ1n) is 6.96. The highest BCUT2D eigenvalue weighted by atomic mass is 16.2. The van der Waals surface area contributed by atoms with Crippen LogP contribution in [0.5, 0.6) is 0 Å². The molecule has 0 atom stereocenters. The molecule has 0 saturated heterocycles. The highest BCUT2D eigenvalue weighted by Gasteiger charge is 2.38. The fourth-order valence-corrected chi connectivity index (χ4v) is 2.12. The van der Waals surface area contributed by atoms with Crippen LogP contribution in [0.25, 0.3) is 0 Å². The van der Waals surface area contributed by atoms with Gasteiger partial charge >= 0.3 is 0 Å². The first-order valence-corrected chi connectivity index (χ1v) is 6.96. The molecule has 0 aliphatic carbocycles. The lowest BCUT2D eigenvalue weighted by Crippen LogP contribution is -2.26. The third-order valence-electron chi connectivity index (χ3n) is 3.31. The molecule has 1 aromatic rings. The summed E-state index contributed by atoms with van der Waals surface area (Å²) in [5.41, 5.74) is 1.91. The normalized spacial score (nSPS) is 15.1. The molecule has 2 rings (SSSR count). The third-order valence-corrected chi connectivity index (χ3v) is 3.31. The monoisotopic (exact) mass is 261 g/mol. The Hall–Kier alpha value is -1.64. The molecular weight excluding hydrogens is 238 g/mol. The molecule has 1 aliphatic heterocycles. The Morgan fingerprint density at radius 3 is 2.47 bits per heavy atom. The number of nitrogens with one attached hydrogen (secondary N) is 1. The van der Waals surface area contributed by atoms with Gasteiger partial charge in [-0.05, 0) is 44.0 Å². The Morgan fingerprint density at radius 2 is 1.89 bits per heavy atom. The number of fused-ring (bicyclic) bond motifs is 1. The number of carbonyl (C=O) groups is 2. The first kappa shape index (κ1) is 15.4. The minimum absolute atomic E-state index is 0.00686. The van der Waals surface area contributed by atoms with Crippen molar-refractivity contribution in [1.29, 1.82) is 0 Å². The summed E-state index contributed by atoms with van der Waals surface area (Å²) >= 11 is 0. The van der Waals surface area contributed by atoms with Gasteiger partial charge in [0.1, 0.15) is 0 Å². The van der Waals surface area contributed by atoms with Crippen molar-refractivity contribution in [3.63, 3.8) is 0 Å². The van der Waals surface area contributed by atoms with Crippen LogP contribution in [-0.2, 0) is 10.2 Å². The van der Waals surface area contributed by atoms with E-state index in [4.69, 9.17) is 0 Å². The fraction of sp³-hybridized carbons (Fsp3) is 0.500. The molecule has 19 heavy (non-hydrogen) atoms. The third kappa shape index (κ3) is 2.86. The summed E-state index contributed by atoms with van der Waals surface area (Å²) in [4.78, 5) is 23.6. The number of hydrogen-bond donors (Lipinski definition) is 1. The predicted octanol–water partition coefficient (Wildman–Crippen LogP) is 3.93. The van der Waals surface area contributed by atoms with E-state index in [9.17, 15) is 9.59 Å². The van der Waals surface area contributed by atoms with Crippen molar-refractivity contribution in [2.75, 3.05) is 5.32 Å². The lowest BCUT2D eigenvalue weighted by atomic mass is 9.85. The Labute approximate surface area is 115 Å². The predicted molar refractivity (Wildman–Crippen MR) is 78.7 cm³/mol. The topological polar surface area (TPSA) is 46.2 Å².